The average molecular weight is 498 g/mol. The lowest BCUT2D eigenvalue weighted by molar-refractivity contribution is 0.102. The van der Waals surface area contributed by atoms with Crippen molar-refractivity contribution < 1.29 is 4.79 Å². The Kier molecular flexibility index (Phi) is 6.77. The second-order valence-electron chi connectivity index (χ2n) is 9.38. The molecule has 0 radical (unpaired) electrons. The Morgan fingerprint density at radius 2 is 1.81 bits per heavy atom. The Balaban J connectivity index is 1.31. The van der Waals surface area contributed by atoms with Crippen LogP contribution in [-0.4, -0.2) is 38.7 Å². The number of fused-ring (bicyclic) bond motifs is 1. The number of carbonyl (C=O) groups excluding carboxylic acids is 1. The number of amides is 1. The van der Waals surface area contributed by atoms with Crippen LogP contribution in [0.3, 0.4) is 0 Å². The molecule has 0 spiro atoms. The molecule has 1 fully saturated rings. The highest BCUT2D eigenvalue weighted by atomic mass is 35.5. The number of aryl methyl sites for hydroxylation is 2. The SMILES string of the molecule is C#Cc1ccc(NC(=O)c2cnc3c(c(C)nn3C3CCN(Cc4ccc(C)cc4)CC3)c2Cl)cc1. The van der Waals surface area contributed by atoms with Crippen molar-refractivity contribution >= 4 is 34.2 Å². The standard InChI is InChI=1S/C29H28ClN5O/c1-4-21-9-11-23(12-10-21)32-29(36)25-17-31-28-26(27(25)30)20(3)33-35(28)24-13-15-34(16-14-24)18-22-7-5-19(2)6-8-22/h1,5-12,17,24H,13-16,18H2,2-3H3,(H,32,36). The maximum absolute atomic E-state index is 12.9. The molecule has 4 aromatic rings. The summed E-state index contributed by atoms with van der Waals surface area (Å²) in [5.41, 5.74) is 5.83. The molecule has 0 atom stereocenters. The van der Waals surface area contributed by atoms with Gasteiger partial charge >= 0.3 is 0 Å². The quantitative estimate of drug-likeness (QED) is 0.355. The molecular weight excluding hydrogens is 470 g/mol. The van der Waals surface area contributed by atoms with Crippen molar-refractivity contribution in [1.82, 2.24) is 19.7 Å². The van der Waals surface area contributed by atoms with Gasteiger partial charge in [-0.3, -0.25) is 9.69 Å². The highest BCUT2D eigenvalue weighted by Crippen LogP contribution is 2.33. The summed E-state index contributed by atoms with van der Waals surface area (Å²) in [6.45, 7) is 6.97. The number of piperidine rings is 1. The fourth-order valence-corrected chi connectivity index (χ4v) is 5.12. The second kappa shape index (κ2) is 10.1. The third-order valence-corrected chi connectivity index (χ3v) is 7.21. The topological polar surface area (TPSA) is 63.1 Å². The van der Waals surface area contributed by atoms with Crippen molar-refractivity contribution in [2.45, 2.75) is 39.3 Å². The Bertz CT molecular complexity index is 1440. The summed E-state index contributed by atoms with van der Waals surface area (Å²) < 4.78 is 2.00. The van der Waals surface area contributed by atoms with Crippen LogP contribution in [0.2, 0.25) is 5.02 Å². The number of halogens is 1. The summed E-state index contributed by atoms with van der Waals surface area (Å²) in [4.78, 5) is 20.1. The third kappa shape index (κ3) is 4.86. The molecule has 6 nitrogen and oxygen atoms in total. The molecule has 5 rings (SSSR count). The average Bonchev–Trinajstić information content (AvgIpc) is 3.23. The number of hydrogen-bond acceptors (Lipinski definition) is 4. The lowest BCUT2D eigenvalue weighted by Gasteiger charge is -2.32. The number of anilines is 1. The van der Waals surface area contributed by atoms with E-state index in [-0.39, 0.29) is 11.9 Å². The van der Waals surface area contributed by atoms with E-state index >= 15 is 0 Å². The summed E-state index contributed by atoms with van der Waals surface area (Å²) in [7, 11) is 0. The van der Waals surface area contributed by atoms with E-state index in [1.54, 1.807) is 30.5 Å². The molecule has 36 heavy (non-hydrogen) atoms. The Morgan fingerprint density at radius 1 is 1.11 bits per heavy atom. The van der Waals surface area contributed by atoms with Gasteiger partial charge in [0.05, 0.1) is 27.7 Å². The molecule has 0 bridgehead atoms. The van der Waals surface area contributed by atoms with Crippen LogP contribution in [0.15, 0.2) is 54.7 Å². The minimum atomic E-state index is -0.320. The number of benzene rings is 2. The third-order valence-electron chi connectivity index (χ3n) is 6.82. The van der Waals surface area contributed by atoms with Crippen LogP contribution >= 0.6 is 11.6 Å². The van der Waals surface area contributed by atoms with Gasteiger partial charge in [0.2, 0.25) is 0 Å². The maximum atomic E-state index is 12.9. The Morgan fingerprint density at radius 3 is 2.47 bits per heavy atom. The van der Waals surface area contributed by atoms with E-state index < -0.39 is 0 Å². The van der Waals surface area contributed by atoms with Crippen LogP contribution < -0.4 is 5.32 Å². The fourth-order valence-electron chi connectivity index (χ4n) is 4.77. The number of terminal acetylenes is 1. The first-order valence-corrected chi connectivity index (χ1v) is 12.5. The lowest BCUT2D eigenvalue weighted by atomic mass is 10.0. The van der Waals surface area contributed by atoms with E-state index in [1.807, 2.05) is 11.6 Å². The molecule has 0 aliphatic carbocycles. The molecule has 2 aromatic carbocycles. The van der Waals surface area contributed by atoms with Crippen LogP contribution in [0.5, 0.6) is 0 Å². The highest BCUT2D eigenvalue weighted by Gasteiger charge is 2.26. The number of aromatic nitrogens is 3. The van der Waals surface area contributed by atoms with Gasteiger partial charge in [-0.05, 0) is 56.5 Å². The van der Waals surface area contributed by atoms with Crippen LogP contribution in [0.25, 0.3) is 11.0 Å². The van der Waals surface area contributed by atoms with Crippen molar-refractivity contribution in [2.75, 3.05) is 18.4 Å². The van der Waals surface area contributed by atoms with Crippen molar-refractivity contribution in [3.63, 3.8) is 0 Å². The summed E-state index contributed by atoms with van der Waals surface area (Å²) >= 11 is 6.74. The van der Waals surface area contributed by atoms with Crippen LogP contribution in [0.1, 0.15) is 51.6 Å². The first-order valence-electron chi connectivity index (χ1n) is 12.1. The van der Waals surface area contributed by atoms with Gasteiger partial charge in [0, 0.05) is 37.1 Å². The van der Waals surface area contributed by atoms with E-state index in [4.69, 9.17) is 23.1 Å². The van der Waals surface area contributed by atoms with E-state index in [9.17, 15) is 4.79 Å². The Hall–Kier alpha value is -3.66. The van der Waals surface area contributed by atoms with Gasteiger partial charge < -0.3 is 5.32 Å². The van der Waals surface area contributed by atoms with E-state index in [0.29, 0.717) is 16.3 Å². The molecule has 0 unspecified atom stereocenters. The normalized spacial score (nSPS) is 14.6. The largest absolute Gasteiger partial charge is 0.322 e. The number of nitrogens with zero attached hydrogens (tertiary/aromatic N) is 4. The molecule has 0 saturated carbocycles. The summed E-state index contributed by atoms with van der Waals surface area (Å²) in [6.07, 6.45) is 8.91. The van der Waals surface area contributed by atoms with Gasteiger partial charge in [-0.2, -0.15) is 5.10 Å². The molecule has 1 saturated heterocycles. The predicted octanol–water partition coefficient (Wildman–Crippen LogP) is 5.77. The number of carbonyl (C=O) groups is 1. The van der Waals surface area contributed by atoms with Crippen LogP contribution in [-0.2, 0) is 6.54 Å². The first kappa shape index (κ1) is 24.1. The zero-order valence-corrected chi connectivity index (χ0v) is 21.2. The summed E-state index contributed by atoms with van der Waals surface area (Å²) in [6, 6.07) is 16.1. The van der Waals surface area contributed by atoms with Gasteiger partial charge in [-0.25, -0.2) is 9.67 Å². The number of nitrogens with one attached hydrogen (secondary N) is 1. The second-order valence-corrected chi connectivity index (χ2v) is 9.76. The smallest absolute Gasteiger partial charge is 0.258 e. The van der Waals surface area contributed by atoms with Gasteiger partial charge in [0.1, 0.15) is 0 Å². The van der Waals surface area contributed by atoms with Crippen molar-refractivity contribution in [3.05, 3.63) is 87.7 Å². The van der Waals surface area contributed by atoms with Crippen molar-refractivity contribution in [2.24, 2.45) is 0 Å². The molecular formula is C29H28ClN5O. The Labute approximate surface area is 216 Å². The van der Waals surface area contributed by atoms with Crippen LogP contribution in [0.4, 0.5) is 5.69 Å². The van der Waals surface area contributed by atoms with Crippen LogP contribution in [0, 0.1) is 26.2 Å². The van der Waals surface area contributed by atoms with E-state index in [0.717, 1.165) is 54.8 Å². The van der Waals surface area contributed by atoms with Crippen molar-refractivity contribution in [3.8, 4) is 12.3 Å². The molecule has 1 amide bonds. The van der Waals surface area contributed by atoms with Gasteiger partial charge in [0.25, 0.3) is 5.91 Å². The molecule has 7 heteroatoms. The zero-order chi connectivity index (χ0) is 25.2. The monoisotopic (exact) mass is 497 g/mol. The first-order chi connectivity index (χ1) is 17.4. The van der Waals surface area contributed by atoms with Gasteiger partial charge in [0.15, 0.2) is 5.65 Å². The molecule has 1 N–H and O–H groups in total. The molecule has 3 heterocycles. The number of hydrogen-bond donors (Lipinski definition) is 1. The highest BCUT2D eigenvalue weighted by molar-refractivity contribution is 6.39. The number of rotatable bonds is 5. The summed E-state index contributed by atoms with van der Waals surface area (Å²) in [5, 5.41) is 8.77. The van der Waals surface area contributed by atoms with E-state index in [1.165, 1.54) is 11.1 Å². The molecule has 1 aliphatic rings. The lowest BCUT2D eigenvalue weighted by Crippen LogP contribution is -2.34. The molecule has 182 valence electrons. The van der Waals surface area contributed by atoms with Gasteiger partial charge in [-0.15, -0.1) is 6.42 Å². The maximum Gasteiger partial charge on any atom is 0.258 e. The number of likely N-dealkylation sites (tertiary alicyclic amines) is 1. The minimum absolute atomic E-state index is 0.244. The van der Waals surface area contributed by atoms with Gasteiger partial charge in [-0.1, -0.05) is 47.4 Å². The molecule has 1 aliphatic heterocycles. The number of pyridine rings is 1. The molecule has 2 aromatic heterocycles. The minimum Gasteiger partial charge on any atom is -0.322 e. The van der Waals surface area contributed by atoms with Crippen molar-refractivity contribution in [1.29, 1.82) is 0 Å². The summed E-state index contributed by atoms with van der Waals surface area (Å²) in [5.74, 6) is 2.24. The fraction of sp³-hybridized carbons (Fsp3) is 0.276. The van der Waals surface area contributed by atoms with E-state index in [2.05, 4.69) is 52.3 Å². The zero-order valence-electron chi connectivity index (χ0n) is 20.5. The predicted molar refractivity (Wildman–Crippen MR) is 144 cm³/mol.